The molecule has 2 aromatic carbocycles. The van der Waals surface area contributed by atoms with E-state index in [2.05, 4.69) is 12.2 Å². The molecule has 2 rings (SSSR count). The number of aryl methyl sites for hydroxylation is 1. The molecule has 0 aliphatic heterocycles. The Morgan fingerprint density at radius 1 is 1.00 bits per heavy atom. The van der Waals surface area contributed by atoms with Gasteiger partial charge in [0.1, 0.15) is 5.75 Å². The maximum atomic E-state index is 12.4. The van der Waals surface area contributed by atoms with Crippen molar-refractivity contribution >= 4 is 17.6 Å². The van der Waals surface area contributed by atoms with Gasteiger partial charge in [-0.1, -0.05) is 32.4 Å². The van der Waals surface area contributed by atoms with Crippen LogP contribution in [0, 0.1) is 0 Å². The molecule has 0 heterocycles. The highest BCUT2D eigenvalue weighted by atomic mass is 16.6. The van der Waals surface area contributed by atoms with Gasteiger partial charge >= 0.3 is 5.97 Å². The maximum absolute atomic E-state index is 12.4. The van der Waals surface area contributed by atoms with Crippen LogP contribution in [-0.2, 0) is 16.0 Å². The van der Waals surface area contributed by atoms with Gasteiger partial charge in [0.05, 0.1) is 6.10 Å². The van der Waals surface area contributed by atoms with E-state index in [1.807, 2.05) is 38.1 Å². The molecule has 1 amide bonds. The van der Waals surface area contributed by atoms with Gasteiger partial charge in [-0.05, 0) is 68.1 Å². The summed E-state index contributed by atoms with van der Waals surface area (Å²) >= 11 is 0. The molecule has 0 radical (unpaired) electrons. The Hall–Kier alpha value is -2.82. The summed E-state index contributed by atoms with van der Waals surface area (Å²) in [6, 6.07) is 14.6. The van der Waals surface area contributed by atoms with Crippen LogP contribution in [0.2, 0.25) is 0 Å². The fraction of sp³-hybridized carbons (Fsp3) is 0.391. The van der Waals surface area contributed by atoms with Crippen molar-refractivity contribution in [3.05, 3.63) is 59.7 Å². The first-order valence-corrected chi connectivity index (χ1v) is 9.84. The number of amides is 1. The van der Waals surface area contributed by atoms with Crippen molar-refractivity contribution in [2.75, 3.05) is 11.9 Å². The number of ether oxygens (including phenoxy) is 2. The van der Waals surface area contributed by atoms with Gasteiger partial charge in [-0.25, -0.2) is 4.79 Å². The van der Waals surface area contributed by atoms with E-state index in [0.717, 1.165) is 31.4 Å². The minimum Gasteiger partial charge on any atom is -0.482 e. The van der Waals surface area contributed by atoms with E-state index in [-0.39, 0.29) is 18.6 Å². The summed E-state index contributed by atoms with van der Waals surface area (Å²) in [6.45, 7) is 5.80. The molecule has 1 atom stereocenters. The SMILES string of the molecule is CCCCc1ccc(NC(=O)c2ccc(OCC(=O)OC(C)CC)cc2)cc1. The molecule has 0 aromatic heterocycles. The first-order valence-electron chi connectivity index (χ1n) is 9.84. The van der Waals surface area contributed by atoms with Gasteiger partial charge in [0.2, 0.25) is 0 Å². The summed E-state index contributed by atoms with van der Waals surface area (Å²) in [6.07, 6.45) is 4.02. The van der Waals surface area contributed by atoms with Crippen molar-refractivity contribution in [2.24, 2.45) is 0 Å². The Bertz CT molecular complexity index is 753. The van der Waals surface area contributed by atoms with Crippen molar-refractivity contribution in [3.8, 4) is 5.75 Å². The predicted molar refractivity (Wildman–Crippen MR) is 111 cm³/mol. The van der Waals surface area contributed by atoms with E-state index in [1.165, 1.54) is 5.56 Å². The number of nitrogens with one attached hydrogen (secondary N) is 1. The minimum absolute atomic E-state index is 0.122. The van der Waals surface area contributed by atoms with Crippen LogP contribution in [0.3, 0.4) is 0 Å². The molecule has 0 fully saturated rings. The molecule has 0 bridgehead atoms. The summed E-state index contributed by atoms with van der Waals surface area (Å²) in [7, 11) is 0. The summed E-state index contributed by atoms with van der Waals surface area (Å²) in [5, 5.41) is 2.89. The van der Waals surface area contributed by atoms with Crippen molar-refractivity contribution in [1.29, 1.82) is 0 Å². The highest BCUT2D eigenvalue weighted by molar-refractivity contribution is 6.04. The van der Waals surface area contributed by atoms with Crippen LogP contribution >= 0.6 is 0 Å². The van der Waals surface area contributed by atoms with Crippen molar-refractivity contribution in [2.45, 2.75) is 52.6 Å². The molecule has 5 nitrogen and oxygen atoms in total. The smallest absolute Gasteiger partial charge is 0.344 e. The standard InChI is InChI=1S/C23H29NO4/c1-4-6-7-18-8-12-20(13-9-18)24-23(26)19-10-14-21(15-11-19)27-16-22(25)28-17(3)5-2/h8-15,17H,4-7,16H2,1-3H3,(H,24,26). The Kier molecular flexibility index (Phi) is 8.53. The van der Waals surface area contributed by atoms with Gasteiger partial charge in [-0.15, -0.1) is 0 Å². The Morgan fingerprint density at radius 3 is 2.29 bits per heavy atom. The number of hydrogen-bond acceptors (Lipinski definition) is 4. The number of unbranched alkanes of at least 4 members (excludes halogenated alkanes) is 1. The Balaban J connectivity index is 1.85. The molecule has 0 saturated carbocycles. The average Bonchev–Trinajstić information content (AvgIpc) is 2.72. The normalized spacial score (nSPS) is 11.5. The van der Waals surface area contributed by atoms with E-state index in [9.17, 15) is 9.59 Å². The van der Waals surface area contributed by atoms with Gasteiger partial charge in [-0.2, -0.15) is 0 Å². The van der Waals surface area contributed by atoms with Gasteiger partial charge in [-0.3, -0.25) is 4.79 Å². The molecule has 5 heteroatoms. The van der Waals surface area contributed by atoms with E-state index in [1.54, 1.807) is 24.3 Å². The molecule has 1 unspecified atom stereocenters. The lowest BCUT2D eigenvalue weighted by atomic mass is 10.1. The lowest BCUT2D eigenvalue weighted by molar-refractivity contribution is -0.150. The molecule has 150 valence electrons. The van der Waals surface area contributed by atoms with Crippen molar-refractivity contribution < 1.29 is 19.1 Å². The molecule has 28 heavy (non-hydrogen) atoms. The van der Waals surface area contributed by atoms with Crippen LogP contribution in [0.1, 0.15) is 56.0 Å². The van der Waals surface area contributed by atoms with E-state index in [0.29, 0.717) is 11.3 Å². The van der Waals surface area contributed by atoms with Gasteiger partial charge in [0.25, 0.3) is 5.91 Å². The molecule has 0 aliphatic carbocycles. The third-order valence-corrected chi connectivity index (χ3v) is 4.41. The lowest BCUT2D eigenvalue weighted by Crippen LogP contribution is -2.20. The maximum Gasteiger partial charge on any atom is 0.344 e. The second kappa shape index (κ2) is 11.1. The third kappa shape index (κ3) is 7.06. The summed E-state index contributed by atoms with van der Waals surface area (Å²) in [5.41, 5.74) is 2.55. The number of rotatable bonds is 10. The number of benzene rings is 2. The van der Waals surface area contributed by atoms with Gasteiger partial charge in [0, 0.05) is 11.3 Å². The van der Waals surface area contributed by atoms with E-state index in [4.69, 9.17) is 9.47 Å². The first kappa shape index (κ1) is 21.5. The Labute approximate surface area is 167 Å². The van der Waals surface area contributed by atoms with Crippen molar-refractivity contribution in [3.63, 3.8) is 0 Å². The molecular weight excluding hydrogens is 354 g/mol. The largest absolute Gasteiger partial charge is 0.482 e. The molecule has 0 saturated heterocycles. The summed E-state index contributed by atoms with van der Waals surface area (Å²) in [4.78, 5) is 24.0. The zero-order valence-corrected chi connectivity index (χ0v) is 16.9. The molecule has 1 N–H and O–H groups in total. The molecule has 0 aliphatic rings. The zero-order chi connectivity index (χ0) is 20.4. The quantitative estimate of drug-likeness (QED) is 0.586. The highest BCUT2D eigenvalue weighted by Gasteiger charge is 2.10. The molecule has 0 spiro atoms. The molecule has 2 aromatic rings. The van der Waals surface area contributed by atoms with Crippen LogP contribution in [0.15, 0.2) is 48.5 Å². The van der Waals surface area contributed by atoms with Gasteiger partial charge < -0.3 is 14.8 Å². The molecular formula is C23H29NO4. The number of esters is 1. The van der Waals surface area contributed by atoms with Crippen LogP contribution in [0.5, 0.6) is 5.75 Å². The topological polar surface area (TPSA) is 64.6 Å². The third-order valence-electron chi connectivity index (χ3n) is 4.41. The predicted octanol–water partition coefficient (Wildman–Crippen LogP) is 5.00. The van der Waals surface area contributed by atoms with Gasteiger partial charge in [0.15, 0.2) is 6.61 Å². The second-order valence-electron chi connectivity index (χ2n) is 6.78. The highest BCUT2D eigenvalue weighted by Crippen LogP contribution is 2.16. The summed E-state index contributed by atoms with van der Waals surface area (Å²) in [5.74, 6) is -0.0829. The fourth-order valence-electron chi connectivity index (χ4n) is 2.53. The first-order chi connectivity index (χ1) is 13.5. The number of anilines is 1. The number of hydrogen-bond donors (Lipinski definition) is 1. The lowest BCUT2D eigenvalue weighted by Gasteiger charge is -2.11. The van der Waals surface area contributed by atoms with Crippen molar-refractivity contribution in [1.82, 2.24) is 0 Å². The van der Waals surface area contributed by atoms with Crippen LogP contribution < -0.4 is 10.1 Å². The van der Waals surface area contributed by atoms with E-state index >= 15 is 0 Å². The van der Waals surface area contributed by atoms with Crippen LogP contribution in [0.25, 0.3) is 0 Å². The van der Waals surface area contributed by atoms with E-state index < -0.39 is 5.97 Å². The zero-order valence-electron chi connectivity index (χ0n) is 16.9. The Morgan fingerprint density at radius 2 is 1.68 bits per heavy atom. The summed E-state index contributed by atoms with van der Waals surface area (Å²) < 4.78 is 10.6. The minimum atomic E-state index is -0.404. The fourth-order valence-corrected chi connectivity index (χ4v) is 2.53. The van der Waals surface area contributed by atoms with Crippen LogP contribution in [0.4, 0.5) is 5.69 Å². The average molecular weight is 383 g/mol. The number of carbonyl (C=O) groups is 2. The monoisotopic (exact) mass is 383 g/mol. The second-order valence-corrected chi connectivity index (χ2v) is 6.78. The van der Waals surface area contributed by atoms with Crippen LogP contribution in [-0.4, -0.2) is 24.6 Å². The number of carbonyl (C=O) groups excluding carboxylic acids is 2.